The Labute approximate surface area is 152 Å². The molecule has 1 aliphatic rings. The third kappa shape index (κ3) is 4.84. The molecule has 0 aromatic heterocycles. The predicted molar refractivity (Wildman–Crippen MR) is 105 cm³/mol. The maximum atomic E-state index is 5.74. The fourth-order valence-electron chi connectivity index (χ4n) is 3.54. The number of hydrogen-bond acceptors (Lipinski definition) is 2. The van der Waals surface area contributed by atoms with Crippen LogP contribution in [0.3, 0.4) is 0 Å². The van der Waals surface area contributed by atoms with Gasteiger partial charge in [0.15, 0.2) is 5.11 Å². The van der Waals surface area contributed by atoms with Crippen LogP contribution in [0, 0.1) is 0 Å². The normalized spacial score (nSPS) is 21.0. The number of nitrogens with one attached hydrogen (secondary N) is 2. The van der Waals surface area contributed by atoms with Crippen molar-refractivity contribution in [1.29, 1.82) is 0 Å². The Hall–Kier alpha value is -1.33. The zero-order chi connectivity index (χ0) is 17.7. The van der Waals surface area contributed by atoms with E-state index in [1.54, 1.807) is 12.0 Å². The highest BCUT2D eigenvalue weighted by Crippen LogP contribution is 2.20. The molecular formula is C19H32N3OS+. The van der Waals surface area contributed by atoms with E-state index in [1.807, 2.05) is 24.3 Å². The Morgan fingerprint density at radius 1 is 1.25 bits per heavy atom. The Balaban J connectivity index is 2.03. The summed E-state index contributed by atoms with van der Waals surface area (Å²) in [6.07, 6.45) is 2.40. The largest absolute Gasteiger partial charge is 0.497 e. The van der Waals surface area contributed by atoms with Gasteiger partial charge in [-0.2, -0.15) is 0 Å². The van der Waals surface area contributed by atoms with Gasteiger partial charge in [-0.05, 0) is 52.0 Å². The van der Waals surface area contributed by atoms with Gasteiger partial charge in [-0.3, -0.25) is 0 Å². The highest BCUT2D eigenvalue weighted by molar-refractivity contribution is 7.80. The minimum atomic E-state index is 0.390. The van der Waals surface area contributed by atoms with Crippen LogP contribution in [-0.4, -0.2) is 48.3 Å². The van der Waals surface area contributed by atoms with E-state index in [2.05, 4.69) is 37.9 Å². The van der Waals surface area contributed by atoms with E-state index >= 15 is 0 Å². The molecule has 0 saturated carbocycles. The van der Waals surface area contributed by atoms with Gasteiger partial charge in [0.2, 0.25) is 0 Å². The summed E-state index contributed by atoms with van der Waals surface area (Å²) in [4.78, 5) is 4.09. The summed E-state index contributed by atoms with van der Waals surface area (Å²) in [6.45, 7) is 11.5. The zero-order valence-electron chi connectivity index (χ0n) is 15.6. The van der Waals surface area contributed by atoms with Gasteiger partial charge in [0.05, 0.1) is 26.2 Å². The molecule has 0 spiro atoms. The minimum absolute atomic E-state index is 0.390. The lowest BCUT2D eigenvalue weighted by Crippen LogP contribution is -3.16. The minimum Gasteiger partial charge on any atom is -0.497 e. The smallest absolute Gasteiger partial charge is 0.173 e. The Bertz CT molecular complexity index is 539. The van der Waals surface area contributed by atoms with Crippen LogP contribution >= 0.6 is 12.2 Å². The van der Waals surface area contributed by atoms with Crippen molar-refractivity contribution in [2.24, 2.45) is 0 Å². The van der Waals surface area contributed by atoms with Gasteiger partial charge >= 0.3 is 0 Å². The molecule has 134 valence electrons. The summed E-state index contributed by atoms with van der Waals surface area (Å²) in [7, 11) is 1.68. The average Bonchev–Trinajstić information content (AvgIpc) is 2.55. The number of ether oxygens (including phenoxy) is 1. The standard InChI is InChI=1S/C19H31N3OS/c1-14(2)21-11-9-17(10-12-21)22(15(3)4)19(24)20-16-7-6-8-18(13-16)23-5/h6-8,13-15,17H,9-12H2,1-5H3,(H,20,24)/p+1. The predicted octanol–water partition coefficient (Wildman–Crippen LogP) is 2.56. The van der Waals surface area contributed by atoms with Crippen LogP contribution in [0.4, 0.5) is 5.69 Å². The van der Waals surface area contributed by atoms with Gasteiger partial charge in [-0.25, -0.2) is 0 Å². The summed E-state index contributed by atoms with van der Waals surface area (Å²) < 4.78 is 5.30. The number of nitrogens with zero attached hydrogens (tertiary/aromatic N) is 1. The monoisotopic (exact) mass is 350 g/mol. The fourth-order valence-corrected chi connectivity index (χ4v) is 4.02. The number of quaternary nitrogens is 1. The van der Waals surface area contributed by atoms with E-state index < -0.39 is 0 Å². The maximum Gasteiger partial charge on any atom is 0.173 e. The third-order valence-corrected chi connectivity index (χ3v) is 5.23. The highest BCUT2D eigenvalue weighted by Gasteiger charge is 2.30. The van der Waals surface area contributed by atoms with Gasteiger partial charge in [0.25, 0.3) is 0 Å². The lowest BCUT2D eigenvalue weighted by atomic mass is 10.0. The third-order valence-electron chi connectivity index (χ3n) is 4.92. The molecule has 1 fully saturated rings. The van der Waals surface area contributed by atoms with Crippen molar-refractivity contribution in [2.75, 3.05) is 25.5 Å². The first-order chi connectivity index (χ1) is 11.4. The molecule has 0 aliphatic carbocycles. The van der Waals surface area contributed by atoms with E-state index in [0.29, 0.717) is 18.1 Å². The molecule has 2 rings (SSSR count). The number of piperidine rings is 1. The van der Waals surface area contributed by atoms with E-state index in [9.17, 15) is 0 Å². The van der Waals surface area contributed by atoms with Crippen molar-refractivity contribution in [3.63, 3.8) is 0 Å². The molecule has 5 heteroatoms. The molecule has 0 bridgehead atoms. The molecular weight excluding hydrogens is 318 g/mol. The summed E-state index contributed by atoms with van der Waals surface area (Å²) in [5, 5.41) is 4.22. The Kier molecular flexibility index (Phi) is 6.87. The lowest BCUT2D eigenvalue weighted by molar-refractivity contribution is -0.926. The van der Waals surface area contributed by atoms with Crippen molar-refractivity contribution >= 4 is 23.0 Å². The van der Waals surface area contributed by atoms with Gasteiger partial charge in [-0.15, -0.1) is 0 Å². The summed E-state index contributed by atoms with van der Waals surface area (Å²) in [5.41, 5.74) is 0.982. The first-order valence-corrected chi connectivity index (χ1v) is 9.41. The number of thiocarbonyl (C=S) groups is 1. The van der Waals surface area contributed by atoms with Crippen LogP contribution in [0.15, 0.2) is 24.3 Å². The second-order valence-corrected chi connectivity index (χ2v) is 7.59. The molecule has 2 N–H and O–H groups in total. The number of benzene rings is 1. The van der Waals surface area contributed by atoms with Crippen molar-refractivity contribution in [1.82, 2.24) is 4.90 Å². The molecule has 1 aromatic carbocycles. The van der Waals surface area contributed by atoms with E-state index in [4.69, 9.17) is 17.0 Å². The van der Waals surface area contributed by atoms with E-state index in [1.165, 1.54) is 25.9 Å². The van der Waals surface area contributed by atoms with Crippen LogP contribution in [-0.2, 0) is 0 Å². The van der Waals surface area contributed by atoms with Crippen LogP contribution in [0.1, 0.15) is 40.5 Å². The molecule has 4 nitrogen and oxygen atoms in total. The molecule has 1 saturated heterocycles. The molecule has 0 atom stereocenters. The van der Waals surface area contributed by atoms with Crippen LogP contribution < -0.4 is 15.0 Å². The van der Waals surface area contributed by atoms with Gasteiger partial charge in [0.1, 0.15) is 5.75 Å². The quantitative estimate of drug-likeness (QED) is 0.799. The molecule has 0 radical (unpaired) electrons. The summed E-state index contributed by atoms with van der Waals surface area (Å²) in [5.74, 6) is 0.840. The van der Waals surface area contributed by atoms with Crippen LogP contribution in [0.25, 0.3) is 0 Å². The molecule has 1 heterocycles. The molecule has 1 aliphatic heterocycles. The second-order valence-electron chi connectivity index (χ2n) is 7.21. The maximum absolute atomic E-state index is 5.74. The van der Waals surface area contributed by atoms with Gasteiger partial charge in [-0.1, -0.05) is 6.07 Å². The Morgan fingerprint density at radius 3 is 2.46 bits per heavy atom. The topological polar surface area (TPSA) is 28.9 Å². The lowest BCUT2D eigenvalue weighted by Gasteiger charge is -2.41. The average molecular weight is 351 g/mol. The zero-order valence-corrected chi connectivity index (χ0v) is 16.5. The number of hydrogen-bond donors (Lipinski definition) is 2. The number of methoxy groups -OCH3 is 1. The summed E-state index contributed by atoms with van der Waals surface area (Å²) in [6, 6.07) is 9.56. The van der Waals surface area contributed by atoms with Crippen molar-refractivity contribution in [3.05, 3.63) is 24.3 Å². The Morgan fingerprint density at radius 2 is 1.92 bits per heavy atom. The van der Waals surface area contributed by atoms with Crippen molar-refractivity contribution < 1.29 is 9.64 Å². The number of anilines is 1. The van der Waals surface area contributed by atoms with Crippen LogP contribution in [0.5, 0.6) is 5.75 Å². The molecule has 24 heavy (non-hydrogen) atoms. The SMILES string of the molecule is COc1cccc(NC(=S)N(C(C)C)C2CC[NH+](C(C)C)CC2)c1. The first-order valence-electron chi connectivity index (χ1n) is 9.00. The highest BCUT2D eigenvalue weighted by atomic mass is 32.1. The number of rotatable bonds is 5. The van der Waals surface area contributed by atoms with E-state index in [-0.39, 0.29) is 0 Å². The summed E-state index contributed by atoms with van der Waals surface area (Å²) >= 11 is 5.74. The first kappa shape index (κ1) is 19.0. The molecule has 0 unspecified atom stereocenters. The molecule has 0 amide bonds. The van der Waals surface area contributed by atoms with E-state index in [0.717, 1.165) is 16.5 Å². The van der Waals surface area contributed by atoms with Crippen LogP contribution in [0.2, 0.25) is 0 Å². The molecule has 1 aromatic rings. The second kappa shape index (κ2) is 8.67. The van der Waals surface area contributed by atoms with Crippen molar-refractivity contribution in [3.8, 4) is 5.75 Å². The van der Waals surface area contributed by atoms with Gasteiger partial charge in [0, 0.05) is 36.7 Å². The fraction of sp³-hybridized carbons (Fsp3) is 0.632. The van der Waals surface area contributed by atoms with Gasteiger partial charge < -0.3 is 19.9 Å². The van der Waals surface area contributed by atoms with Crippen molar-refractivity contribution in [2.45, 2.75) is 58.7 Å². The number of likely N-dealkylation sites (tertiary alicyclic amines) is 1.